The van der Waals surface area contributed by atoms with Crippen LogP contribution in [-0.2, 0) is 0 Å². The van der Waals surface area contributed by atoms with E-state index in [4.69, 9.17) is 0 Å². The van der Waals surface area contributed by atoms with Gasteiger partial charge >= 0.3 is 6.03 Å². The van der Waals surface area contributed by atoms with Crippen molar-refractivity contribution >= 4 is 17.4 Å². The van der Waals surface area contributed by atoms with Crippen LogP contribution in [0.25, 0.3) is 5.95 Å². The summed E-state index contributed by atoms with van der Waals surface area (Å²) in [5, 5.41) is 5.60. The molecular formula is C19H22N6O. The van der Waals surface area contributed by atoms with E-state index < -0.39 is 0 Å². The van der Waals surface area contributed by atoms with Crippen LogP contribution in [-0.4, -0.2) is 25.6 Å². The molecule has 0 aliphatic carbocycles. The summed E-state index contributed by atoms with van der Waals surface area (Å²) in [6.07, 6.45) is 3.17. The van der Waals surface area contributed by atoms with Gasteiger partial charge in [0.15, 0.2) is 0 Å². The normalized spacial score (nSPS) is 10.7. The Kier molecular flexibility index (Phi) is 4.71. The van der Waals surface area contributed by atoms with Crippen molar-refractivity contribution in [1.29, 1.82) is 0 Å². The molecule has 0 atom stereocenters. The summed E-state index contributed by atoms with van der Waals surface area (Å²) in [5.74, 6) is 1.36. The number of nitrogens with zero attached hydrogens (tertiary/aromatic N) is 4. The fraction of sp³-hybridized carbons (Fsp3) is 0.263. The monoisotopic (exact) mass is 350 g/mol. The number of rotatable bonds is 3. The standard InChI is InChI=1S/C19H22N6O/c1-11-7-6-8-17(12(11)2)24-19(26)23-16-9-20-18(21-10-16)25-14(4)13(3)22-15(25)5/h6-10H,1-5H3,(H2,23,24,26). The Bertz CT molecular complexity index is 959. The van der Waals surface area contributed by atoms with Crippen molar-refractivity contribution in [3.63, 3.8) is 0 Å². The van der Waals surface area contributed by atoms with Crippen molar-refractivity contribution in [3.05, 3.63) is 58.9 Å². The van der Waals surface area contributed by atoms with Crippen LogP contribution >= 0.6 is 0 Å². The summed E-state index contributed by atoms with van der Waals surface area (Å²) >= 11 is 0. The highest BCUT2D eigenvalue weighted by Gasteiger charge is 2.12. The van der Waals surface area contributed by atoms with Crippen LogP contribution in [0.3, 0.4) is 0 Å². The molecule has 26 heavy (non-hydrogen) atoms. The highest BCUT2D eigenvalue weighted by Crippen LogP contribution is 2.19. The Morgan fingerprint density at radius 2 is 1.69 bits per heavy atom. The van der Waals surface area contributed by atoms with E-state index in [-0.39, 0.29) is 6.03 Å². The summed E-state index contributed by atoms with van der Waals surface area (Å²) in [6, 6.07) is 5.45. The second kappa shape index (κ2) is 6.95. The molecule has 7 nitrogen and oxygen atoms in total. The topological polar surface area (TPSA) is 84.7 Å². The van der Waals surface area contributed by atoms with Gasteiger partial charge in [-0.1, -0.05) is 12.1 Å². The number of aryl methyl sites for hydroxylation is 3. The summed E-state index contributed by atoms with van der Waals surface area (Å²) < 4.78 is 1.88. The molecule has 3 aromatic rings. The minimum atomic E-state index is -0.333. The van der Waals surface area contributed by atoms with Gasteiger partial charge in [0.25, 0.3) is 0 Å². The first kappa shape index (κ1) is 17.6. The van der Waals surface area contributed by atoms with Gasteiger partial charge in [0.2, 0.25) is 5.95 Å². The van der Waals surface area contributed by atoms with Crippen LogP contribution in [0.5, 0.6) is 0 Å². The number of urea groups is 1. The number of imidazole rings is 1. The lowest BCUT2D eigenvalue weighted by Crippen LogP contribution is -2.20. The molecule has 1 aromatic carbocycles. The lowest BCUT2D eigenvalue weighted by molar-refractivity contribution is 0.262. The Hall–Kier alpha value is -3.22. The molecule has 134 valence electrons. The molecule has 2 N–H and O–H groups in total. The number of aromatic nitrogens is 4. The van der Waals surface area contributed by atoms with E-state index in [1.807, 2.05) is 57.4 Å². The van der Waals surface area contributed by atoms with E-state index in [0.717, 1.165) is 34.0 Å². The maximum absolute atomic E-state index is 12.2. The summed E-state index contributed by atoms with van der Waals surface area (Å²) in [4.78, 5) is 25.3. The average Bonchev–Trinajstić information content (AvgIpc) is 2.85. The van der Waals surface area contributed by atoms with Gasteiger partial charge in [-0.05, 0) is 51.8 Å². The van der Waals surface area contributed by atoms with Gasteiger partial charge in [-0.15, -0.1) is 0 Å². The zero-order valence-electron chi connectivity index (χ0n) is 15.6. The van der Waals surface area contributed by atoms with Gasteiger partial charge < -0.3 is 10.6 Å². The summed E-state index contributed by atoms with van der Waals surface area (Å²) in [7, 11) is 0. The molecule has 7 heteroatoms. The van der Waals surface area contributed by atoms with E-state index in [0.29, 0.717) is 11.6 Å². The average molecular weight is 350 g/mol. The molecular weight excluding hydrogens is 328 g/mol. The Morgan fingerprint density at radius 1 is 1.00 bits per heavy atom. The molecule has 0 aliphatic rings. The fourth-order valence-corrected chi connectivity index (χ4v) is 2.75. The molecule has 0 bridgehead atoms. The minimum Gasteiger partial charge on any atom is -0.307 e. The first-order chi connectivity index (χ1) is 12.4. The minimum absolute atomic E-state index is 0.333. The fourth-order valence-electron chi connectivity index (χ4n) is 2.75. The van der Waals surface area contributed by atoms with Crippen molar-refractivity contribution < 1.29 is 4.79 Å². The molecule has 0 aliphatic heterocycles. The van der Waals surface area contributed by atoms with Crippen molar-refractivity contribution in [3.8, 4) is 5.95 Å². The van der Waals surface area contributed by atoms with E-state index in [1.165, 1.54) is 0 Å². The van der Waals surface area contributed by atoms with Gasteiger partial charge in [-0.25, -0.2) is 19.7 Å². The predicted molar refractivity (Wildman–Crippen MR) is 102 cm³/mol. The number of carbonyl (C=O) groups excluding carboxylic acids is 1. The molecule has 0 radical (unpaired) electrons. The molecule has 0 saturated carbocycles. The van der Waals surface area contributed by atoms with Crippen LogP contribution in [0.2, 0.25) is 0 Å². The predicted octanol–water partition coefficient (Wildman–Crippen LogP) is 3.85. The third-order valence-electron chi connectivity index (χ3n) is 4.46. The lowest BCUT2D eigenvalue weighted by atomic mass is 10.1. The zero-order chi connectivity index (χ0) is 18.8. The second-order valence-electron chi connectivity index (χ2n) is 6.26. The van der Waals surface area contributed by atoms with Crippen LogP contribution < -0.4 is 10.6 Å². The number of anilines is 2. The third kappa shape index (κ3) is 3.42. The van der Waals surface area contributed by atoms with Crippen LogP contribution in [0.1, 0.15) is 28.3 Å². The van der Waals surface area contributed by atoms with Gasteiger partial charge in [0, 0.05) is 11.4 Å². The number of carbonyl (C=O) groups is 1. The molecule has 0 saturated heterocycles. The van der Waals surface area contributed by atoms with Crippen molar-refractivity contribution in [2.45, 2.75) is 34.6 Å². The largest absolute Gasteiger partial charge is 0.323 e. The van der Waals surface area contributed by atoms with Gasteiger partial charge in [-0.2, -0.15) is 0 Å². The van der Waals surface area contributed by atoms with Gasteiger partial charge in [-0.3, -0.25) is 4.57 Å². The molecule has 2 heterocycles. The van der Waals surface area contributed by atoms with E-state index in [2.05, 4.69) is 25.6 Å². The van der Waals surface area contributed by atoms with Crippen LogP contribution in [0.15, 0.2) is 30.6 Å². The number of amides is 2. The number of hydrogen-bond acceptors (Lipinski definition) is 4. The van der Waals surface area contributed by atoms with Crippen molar-refractivity contribution in [1.82, 2.24) is 19.5 Å². The zero-order valence-corrected chi connectivity index (χ0v) is 15.6. The summed E-state index contributed by atoms with van der Waals surface area (Å²) in [6.45, 7) is 9.81. The Morgan fingerprint density at radius 3 is 2.31 bits per heavy atom. The molecule has 0 fully saturated rings. The maximum Gasteiger partial charge on any atom is 0.323 e. The Labute approximate surface area is 152 Å². The van der Waals surface area contributed by atoms with Crippen molar-refractivity contribution in [2.75, 3.05) is 10.6 Å². The van der Waals surface area contributed by atoms with E-state index in [9.17, 15) is 4.79 Å². The molecule has 0 spiro atoms. The quantitative estimate of drug-likeness (QED) is 0.751. The first-order valence-corrected chi connectivity index (χ1v) is 8.36. The maximum atomic E-state index is 12.2. The van der Waals surface area contributed by atoms with Gasteiger partial charge in [0.1, 0.15) is 5.82 Å². The number of nitrogens with one attached hydrogen (secondary N) is 2. The number of benzene rings is 1. The number of hydrogen-bond donors (Lipinski definition) is 2. The SMILES string of the molecule is Cc1cccc(NC(=O)Nc2cnc(-n3c(C)nc(C)c3C)nc2)c1C. The highest BCUT2D eigenvalue weighted by atomic mass is 16.2. The second-order valence-corrected chi connectivity index (χ2v) is 6.26. The third-order valence-corrected chi connectivity index (χ3v) is 4.46. The molecule has 0 unspecified atom stereocenters. The lowest BCUT2D eigenvalue weighted by Gasteiger charge is -2.11. The molecule has 2 aromatic heterocycles. The summed E-state index contributed by atoms with van der Waals surface area (Å²) in [5.41, 5.74) is 5.40. The van der Waals surface area contributed by atoms with E-state index >= 15 is 0 Å². The highest BCUT2D eigenvalue weighted by molar-refractivity contribution is 6.00. The van der Waals surface area contributed by atoms with Gasteiger partial charge in [0.05, 0.1) is 23.8 Å². The smallest absolute Gasteiger partial charge is 0.307 e. The van der Waals surface area contributed by atoms with Crippen molar-refractivity contribution in [2.24, 2.45) is 0 Å². The Balaban J connectivity index is 1.73. The first-order valence-electron chi connectivity index (χ1n) is 8.36. The molecule has 2 amide bonds. The van der Waals surface area contributed by atoms with E-state index in [1.54, 1.807) is 12.4 Å². The van der Waals surface area contributed by atoms with Crippen LogP contribution in [0.4, 0.5) is 16.2 Å². The van der Waals surface area contributed by atoms with Crippen LogP contribution in [0, 0.1) is 34.6 Å². The molecule has 3 rings (SSSR count).